The zero-order valence-electron chi connectivity index (χ0n) is 16.2. The number of rotatable bonds is 8. The Balaban J connectivity index is 2.24. The molecule has 27 heavy (non-hydrogen) atoms. The van der Waals surface area contributed by atoms with Crippen molar-refractivity contribution >= 4 is 21.6 Å². The summed E-state index contributed by atoms with van der Waals surface area (Å²) in [4.78, 5) is 15.1. The van der Waals surface area contributed by atoms with E-state index in [4.69, 9.17) is 0 Å². The van der Waals surface area contributed by atoms with Gasteiger partial charge in [-0.2, -0.15) is 0 Å². The molecule has 0 atom stereocenters. The van der Waals surface area contributed by atoms with Gasteiger partial charge in [-0.3, -0.25) is 9.69 Å². The monoisotopic (exact) mass is 389 g/mol. The molecule has 0 aliphatic carbocycles. The van der Waals surface area contributed by atoms with Crippen molar-refractivity contribution in [3.63, 3.8) is 0 Å². The summed E-state index contributed by atoms with van der Waals surface area (Å²) in [5.41, 5.74) is 2.84. The van der Waals surface area contributed by atoms with Crippen LogP contribution in [0.2, 0.25) is 0 Å². The Hall–Kier alpha value is -2.22. The van der Waals surface area contributed by atoms with Crippen molar-refractivity contribution in [1.29, 1.82) is 0 Å². The number of hydrogen-bond donors (Lipinski definition) is 2. The van der Waals surface area contributed by atoms with Crippen LogP contribution in [0.5, 0.6) is 0 Å². The Bertz CT molecular complexity index is 906. The maximum atomic E-state index is 12.7. The first-order chi connectivity index (χ1) is 12.8. The molecular weight excluding hydrogens is 362 g/mol. The maximum Gasteiger partial charge on any atom is 0.255 e. The Morgan fingerprint density at radius 1 is 1.07 bits per heavy atom. The van der Waals surface area contributed by atoms with Gasteiger partial charge in [0.25, 0.3) is 5.91 Å². The largest absolute Gasteiger partial charge is 0.322 e. The van der Waals surface area contributed by atoms with E-state index in [0.29, 0.717) is 16.8 Å². The van der Waals surface area contributed by atoms with E-state index >= 15 is 0 Å². The van der Waals surface area contributed by atoms with E-state index in [1.165, 1.54) is 19.2 Å². The van der Waals surface area contributed by atoms with Crippen LogP contribution >= 0.6 is 0 Å². The number of carbonyl (C=O) groups excluding carboxylic acids is 1. The van der Waals surface area contributed by atoms with E-state index in [-0.39, 0.29) is 10.8 Å². The first-order valence-corrected chi connectivity index (χ1v) is 10.5. The van der Waals surface area contributed by atoms with E-state index in [1.807, 2.05) is 24.3 Å². The van der Waals surface area contributed by atoms with Crippen LogP contribution in [0.25, 0.3) is 0 Å². The molecule has 0 aliphatic rings. The van der Waals surface area contributed by atoms with Gasteiger partial charge in [0.1, 0.15) is 0 Å². The molecule has 2 aromatic rings. The van der Waals surface area contributed by atoms with Crippen molar-refractivity contribution in [2.45, 2.75) is 32.2 Å². The van der Waals surface area contributed by atoms with Gasteiger partial charge in [-0.05, 0) is 62.5 Å². The SMILES string of the molecule is CCN(CC)Cc1cccc(NC(=O)c2cc(S(=O)(=O)NC)ccc2C)c1. The number of nitrogens with zero attached hydrogens (tertiary/aromatic N) is 1. The summed E-state index contributed by atoms with van der Waals surface area (Å²) in [5, 5.41) is 2.87. The fourth-order valence-electron chi connectivity index (χ4n) is 2.78. The van der Waals surface area contributed by atoms with Crippen LogP contribution in [0.4, 0.5) is 5.69 Å². The molecule has 1 amide bonds. The van der Waals surface area contributed by atoms with E-state index < -0.39 is 10.0 Å². The number of nitrogens with one attached hydrogen (secondary N) is 2. The first kappa shape index (κ1) is 21.1. The summed E-state index contributed by atoms with van der Waals surface area (Å²) < 4.78 is 26.3. The lowest BCUT2D eigenvalue weighted by atomic mass is 10.1. The lowest BCUT2D eigenvalue weighted by molar-refractivity contribution is 0.102. The summed E-state index contributed by atoms with van der Waals surface area (Å²) in [6.45, 7) is 8.74. The highest BCUT2D eigenvalue weighted by Gasteiger charge is 2.17. The molecule has 0 radical (unpaired) electrons. The fraction of sp³-hybridized carbons (Fsp3) is 0.350. The minimum Gasteiger partial charge on any atom is -0.322 e. The fourth-order valence-corrected chi connectivity index (χ4v) is 3.54. The molecule has 6 nitrogen and oxygen atoms in total. The number of benzene rings is 2. The molecule has 0 saturated heterocycles. The summed E-state index contributed by atoms with van der Waals surface area (Å²) >= 11 is 0. The molecule has 146 valence electrons. The van der Waals surface area contributed by atoms with Crippen LogP contribution in [0.1, 0.15) is 35.3 Å². The quantitative estimate of drug-likeness (QED) is 0.727. The topological polar surface area (TPSA) is 78.5 Å². The zero-order valence-corrected chi connectivity index (χ0v) is 17.1. The van der Waals surface area contributed by atoms with E-state index in [9.17, 15) is 13.2 Å². The summed E-state index contributed by atoms with van der Waals surface area (Å²) in [7, 11) is -2.26. The van der Waals surface area contributed by atoms with Crippen molar-refractivity contribution in [1.82, 2.24) is 9.62 Å². The van der Waals surface area contributed by atoms with Gasteiger partial charge in [0.05, 0.1) is 4.90 Å². The van der Waals surface area contributed by atoms with E-state index in [1.54, 1.807) is 13.0 Å². The molecular formula is C20H27N3O3S. The van der Waals surface area contributed by atoms with Crippen LogP contribution in [-0.2, 0) is 16.6 Å². The molecule has 0 spiro atoms. The van der Waals surface area contributed by atoms with Crippen LogP contribution in [0.15, 0.2) is 47.4 Å². The minimum absolute atomic E-state index is 0.0658. The van der Waals surface area contributed by atoms with Gasteiger partial charge in [-0.15, -0.1) is 0 Å². The lowest BCUT2D eigenvalue weighted by Gasteiger charge is -2.18. The second-order valence-corrected chi connectivity index (χ2v) is 8.19. The molecule has 7 heteroatoms. The third kappa shape index (κ3) is 5.38. The molecule has 2 rings (SSSR count). The third-order valence-electron chi connectivity index (χ3n) is 4.52. The number of hydrogen-bond acceptors (Lipinski definition) is 4. The lowest BCUT2D eigenvalue weighted by Crippen LogP contribution is -2.22. The van der Waals surface area contributed by atoms with Gasteiger partial charge in [-0.1, -0.05) is 32.0 Å². The Labute approximate surface area is 161 Å². The van der Waals surface area contributed by atoms with Gasteiger partial charge >= 0.3 is 0 Å². The standard InChI is InChI=1S/C20H27N3O3S/c1-5-23(6-2)14-16-8-7-9-17(12-16)22-20(24)19-13-18(11-10-15(19)3)27(25,26)21-4/h7-13,21H,5-6,14H2,1-4H3,(H,22,24). The Morgan fingerprint density at radius 3 is 2.41 bits per heavy atom. The number of sulfonamides is 1. The average Bonchev–Trinajstić information content (AvgIpc) is 2.66. The number of anilines is 1. The molecule has 0 aromatic heterocycles. The van der Waals surface area contributed by atoms with Crippen molar-refractivity contribution < 1.29 is 13.2 Å². The average molecular weight is 390 g/mol. The van der Waals surface area contributed by atoms with E-state index in [2.05, 4.69) is 28.8 Å². The molecule has 0 heterocycles. The number of amides is 1. The van der Waals surface area contributed by atoms with Gasteiger partial charge in [0.15, 0.2) is 0 Å². The normalized spacial score (nSPS) is 11.6. The van der Waals surface area contributed by atoms with Crippen molar-refractivity contribution in [3.05, 3.63) is 59.2 Å². The van der Waals surface area contributed by atoms with Crippen molar-refractivity contribution in [3.8, 4) is 0 Å². The molecule has 0 saturated carbocycles. The van der Waals surface area contributed by atoms with Gasteiger partial charge in [0, 0.05) is 17.8 Å². The smallest absolute Gasteiger partial charge is 0.255 e. The predicted molar refractivity (Wildman–Crippen MR) is 108 cm³/mol. The molecule has 2 N–H and O–H groups in total. The zero-order chi connectivity index (χ0) is 20.0. The Morgan fingerprint density at radius 2 is 1.78 bits per heavy atom. The Kier molecular flexibility index (Phi) is 7.12. The second kappa shape index (κ2) is 9.12. The minimum atomic E-state index is -3.61. The molecule has 0 aliphatic heterocycles. The van der Waals surface area contributed by atoms with Crippen molar-refractivity contribution in [2.75, 3.05) is 25.5 Å². The first-order valence-electron chi connectivity index (χ1n) is 8.97. The maximum absolute atomic E-state index is 12.7. The summed E-state index contributed by atoms with van der Waals surface area (Å²) in [6.07, 6.45) is 0. The highest BCUT2D eigenvalue weighted by atomic mass is 32.2. The molecule has 0 bridgehead atoms. The van der Waals surface area contributed by atoms with Crippen LogP contribution in [0, 0.1) is 6.92 Å². The number of aryl methyl sites for hydroxylation is 1. The van der Waals surface area contributed by atoms with Gasteiger partial charge in [0.2, 0.25) is 10.0 Å². The van der Waals surface area contributed by atoms with Gasteiger partial charge < -0.3 is 5.32 Å². The molecule has 2 aromatic carbocycles. The highest BCUT2D eigenvalue weighted by Crippen LogP contribution is 2.18. The molecule has 0 fully saturated rings. The summed E-state index contributed by atoms with van der Waals surface area (Å²) in [6, 6.07) is 12.2. The highest BCUT2D eigenvalue weighted by molar-refractivity contribution is 7.89. The van der Waals surface area contributed by atoms with E-state index in [0.717, 1.165) is 25.2 Å². The second-order valence-electron chi connectivity index (χ2n) is 6.30. The summed E-state index contributed by atoms with van der Waals surface area (Å²) in [5.74, 6) is -0.333. The van der Waals surface area contributed by atoms with Crippen LogP contribution in [-0.4, -0.2) is 39.4 Å². The van der Waals surface area contributed by atoms with Crippen LogP contribution < -0.4 is 10.0 Å². The van der Waals surface area contributed by atoms with Gasteiger partial charge in [-0.25, -0.2) is 13.1 Å². The van der Waals surface area contributed by atoms with Crippen LogP contribution in [0.3, 0.4) is 0 Å². The third-order valence-corrected chi connectivity index (χ3v) is 5.93. The van der Waals surface area contributed by atoms with Crippen molar-refractivity contribution in [2.24, 2.45) is 0 Å². The predicted octanol–water partition coefficient (Wildman–Crippen LogP) is 3.00. The number of carbonyl (C=O) groups is 1. The molecule has 0 unspecified atom stereocenters.